The van der Waals surface area contributed by atoms with Gasteiger partial charge in [0.2, 0.25) is 0 Å². The maximum Gasteiger partial charge on any atom is 0.123 e. The Kier molecular flexibility index (Phi) is 5.69. The van der Waals surface area contributed by atoms with Gasteiger partial charge in [0.15, 0.2) is 0 Å². The third-order valence-electron chi connectivity index (χ3n) is 2.81. The number of benzene rings is 2. The topological polar surface area (TPSA) is 21.3 Å². The van der Waals surface area contributed by atoms with E-state index in [0.717, 1.165) is 18.8 Å². The third-order valence-corrected chi connectivity index (χ3v) is 2.81. The molecule has 2 rings (SSSR count). The first-order valence-corrected chi connectivity index (χ1v) is 5.73. The van der Waals surface area contributed by atoms with Crippen LogP contribution in [0.2, 0.25) is 0 Å². The molecule has 0 aliphatic carbocycles. The number of rotatable bonds is 5. The largest absolute Gasteiger partial charge is 0.496 e. The lowest BCUT2D eigenvalue weighted by Crippen LogP contribution is -2.13. The molecule has 0 aliphatic heterocycles. The summed E-state index contributed by atoms with van der Waals surface area (Å²) in [6.45, 7) is 5.29. The van der Waals surface area contributed by atoms with Crippen molar-refractivity contribution in [2.24, 2.45) is 0 Å². The standard InChI is InChI=1S/C15H17NO.ClH/c1-3-10-16-11-14-13-7-5-4-6-12(13)8-9-15(14)17-2;/h3-9,16H,1,10-11H2,2H3;1H. The summed E-state index contributed by atoms with van der Waals surface area (Å²) in [4.78, 5) is 0. The first kappa shape index (κ1) is 14.6. The molecule has 0 fully saturated rings. The average molecular weight is 264 g/mol. The van der Waals surface area contributed by atoms with E-state index in [1.54, 1.807) is 7.11 Å². The second-order valence-electron chi connectivity index (χ2n) is 3.89. The summed E-state index contributed by atoms with van der Waals surface area (Å²) in [5, 5.41) is 5.80. The molecule has 0 bridgehead atoms. The van der Waals surface area contributed by atoms with Crippen molar-refractivity contribution in [3.05, 3.63) is 54.6 Å². The van der Waals surface area contributed by atoms with Gasteiger partial charge < -0.3 is 10.1 Å². The van der Waals surface area contributed by atoms with Crippen molar-refractivity contribution in [2.45, 2.75) is 6.54 Å². The Labute approximate surface area is 114 Å². The van der Waals surface area contributed by atoms with Crippen molar-refractivity contribution in [3.63, 3.8) is 0 Å². The summed E-state index contributed by atoms with van der Waals surface area (Å²) >= 11 is 0. The van der Waals surface area contributed by atoms with Gasteiger partial charge in [0.25, 0.3) is 0 Å². The molecule has 96 valence electrons. The first-order chi connectivity index (χ1) is 8.36. The maximum atomic E-state index is 5.42. The monoisotopic (exact) mass is 263 g/mol. The fraction of sp³-hybridized carbons (Fsp3) is 0.200. The Balaban J connectivity index is 0.00000162. The quantitative estimate of drug-likeness (QED) is 0.658. The van der Waals surface area contributed by atoms with Gasteiger partial charge in [0.1, 0.15) is 5.75 Å². The van der Waals surface area contributed by atoms with Gasteiger partial charge in [0, 0.05) is 18.7 Å². The zero-order valence-electron chi connectivity index (χ0n) is 10.5. The Morgan fingerprint density at radius 1 is 1.22 bits per heavy atom. The summed E-state index contributed by atoms with van der Waals surface area (Å²) in [6, 6.07) is 12.5. The smallest absolute Gasteiger partial charge is 0.123 e. The Morgan fingerprint density at radius 2 is 2.00 bits per heavy atom. The molecular weight excluding hydrogens is 246 g/mol. The van der Waals surface area contributed by atoms with E-state index in [1.807, 2.05) is 12.1 Å². The fourth-order valence-corrected chi connectivity index (χ4v) is 1.99. The number of fused-ring (bicyclic) bond motifs is 1. The Hall–Kier alpha value is -1.51. The van der Waals surface area contributed by atoms with Crippen LogP contribution in [-0.4, -0.2) is 13.7 Å². The van der Waals surface area contributed by atoms with Crippen LogP contribution < -0.4 is 10.1 Å². The van der Waals surface area contributed by atoms with Crippen LogP contribution in [0.15, 0.2) is 49.1 Å². The molecule has 0 saturated carbocycles. The lowest BCUT2D eigenvalue weighted by Gasteiger charge is -2.12. The molecule has 0 unspecified atom stereocenters. The van der Waals surface area contributed by atoms with E-state index >= 15 is 0 Å². The zero-order chi connectivity index (χ0) is 12.1. The van der Waals surface area contributed by atoms with E-state index in [0.29, 0.717) is 0 Å². The number of halogens is 1. The van der Waals surface area contributed by atoms with Gasteiger partial charge in [-0.1, -0.05) is 36.4 Å². The van der Waals surface area contributed by atoms with Crippen molar-refractivity contribution < 1.29 is 4.74 Å². The van der Waals surface area contributed by atoms with Crippen molar-refractivity contribution in [1.29, 1.82) is 0 Å². The first-order valence-electron chi connectivity index (χ1n) is 5.73. The van der Waals surface area contributed by atoms with Crippen molar-refractivity contribution in [3.8, 4) is 5.75 Å². The Morgan fingerprint density at radius 3 is 2.72 bits per heavy atom. The fourth-order valence-electron chi connectivity index (χ4n) is 1.99. The van der Waals surface area contributed by atoms with E-state index in [4.69, 9.17) is 4.74 Å². The molecule has 3 heteroatoms. The number of nitrogens with one attached hydrogen (secondary N) is 1. The van der Waals surface area contributed by atoms with Gasteiger partial charge in [-0.3, -0.25) is 0 Å². The highest BCUT2D eigenvalue weighted by atomic mass is 35.5. The molecular formula is C15H18ClNO. The number of hydrogen-bond donors (Lipinski definition) is 1. The molecule has 0 spiro atoms. The van der Waals surface area contributed by atoms with Crippen LogP contribution in [0.4, 0.5) is 0 Å². The summed E-state index contributed by atoms with van der Waals surface area (Å²) in [7, 11) is 1.71. The van der Waals surface area contributed by atoms with Crippen molar-refractivity contribution in [1.82, 2.24) is 5.32 Å². The molecule has 0 aromatic heterocycles. The molecule has 0 radical (unpaired) electrons. The van der Waals surface area contributed by atoms with Crippen LogP contribution in [0.1, 0.15) is 5.56 Å². The number of hydrogen-bond acceptors (Lipinski definition) is 2. The zero-order valence-corrected chi connectivity index (χ0v) is 11.3. The highest BCUT2D eigenvalue weighted by molar-refractivity contribution is 5.87. The van der Waals surface area contributed by atoms with Crippen LogP contribution >= 0.6 is 12.4 Å². The normalized spacial score (nSPS) is 9.83. The van der Waals surface area contributed by atoms with Crippen molar-refractivity contribution in [2.75, 3.05) is 13.7 Å². The maximum absolute atomic E-state index is 5.42. The van der Waals surface area contributed by atoms with Crippen molar-refractivity contribution >= 4 is 23.2 Å². The molecule has 1 N–H and O–H groups in total. The molecule has 2 nitrogen and oxygen atoms in total. The van der Waals surface area contributed by atoms with Crippen LogP contribution in [0.5, 0.6) is 5.75 Å². The molecule has 0 atom stereocenters. The van der Waals surface area contributed by atoms with E-state index in [9.17, 15) is 0 Å². The van der Waals surface area contributed by atoms with Gasteiger partial charge in [0.05, 0.1) is 7.11 Å². The van der Waals surface area contributed by atoms with Gasteiger partial charge >= 0.3 is 0 Å². The van der Waals surface area contributed by atoms with Crippen LogP contribution in [-0.2, 0) is 6.54 Å². The van der Waals surface area contributed by atoms with Crippen LogP contribution in [0, 0.1) is 0 Å². The lowest BCUT2D eigenvalue weighted by molar-refractivity contribution is 0.409. The lowest BCUT2D eigenvalue weighted by atomic mass is 10.0. The number of methoxy groups -OCH3 is 1. The van der Waals surface area contributed by atoms with Gasteiger partial charge in [-0.05, 0) is 16.8 Å². The molecule has 18 heavy (non-hydrogen) atoms. The molecule has 2 aromatic rings. The van der Waals surface area contributed by atoms with E-state index < -0.39 is 0 Å². The summed E-state index contributed by atoms with van der Waals surface area (Å²) in [5.74, 6) is 0.931. The SMILES string of the molecule is C=CCNCc1c(OC)ccc2ccccc12.Cl. The van der Waals surface area contributed by atoms with Gasteiger partial charge in [-0.15, -0.1) is 19.0 Å². The van der Waals surface area contributed by atoms with E-state index in [-0.39, 0.29) is 12.4 Å². The highest BCUT2D eigenvalue weighted by Gasteiger charge is 2.06. The summed E-state index contributed by atoms with van der Waals surface area (Å²) in [6.07, 6.45) is 1.86. The van der Waals surface area contributed by atoms with Crippen LogP contribution in [0.3, 0.4) is 0 Å². The molecule has 0 aliphatic rings. The summed E-state index contributed by atoms with van der Waals surface area (Å²) in [5.41, 5.74) is 1.20. The van der Waals surface area contributed by atoms with Gasteiger partial charge in [-0.2, -0.15) is 0 Å². The minimum atomic E-state index is 0. The molecule has 2 aromatic carbocycles. The molecule has 0 amide bonds. The second-order valence-corrected chi connectivity index (χ2v) is 3.89. The van der Waals surface area contributed by atoms with E-state index in [1.165, 1.54) is 16.3 Å². The Bertz CT molecular complexity index is 525. The average Bonchev–Trinajstić information content (AvgIpc) is 2.39. The number of ether oxygens (including phenoxy) is 1. The second kappa shape index (κ2) is 7.04. The summed E-state index contributed by atoms with van der Waals surface area (Å²) < 4.78 is 5.42. The predicted octanol–water partition coefficient (Wildman–Crippen LogP) is 3.55. The minimum Gasteiger partial charge on any atom is -0.496 e. The van der Waals surface area contributed by atoms with Crippen LogP contribution in [0.25, 0.3) is 10.8 Å². The van der Waals surface area contributed by atoms with E-state index in [2.05, 4.69) is 42.2 Å². The molecule has 0 saturated heterocycles. The molecule has 0 heterocycles. The third kappa shape index (κ3) is 3.03. The van der Waals surface area contributed by atoms with Gasteiger partial charge in [-0.25, -0.2) is 0 Å². The highest BCUT2D eigenvalue weighted by Crippen LogP contribution is 2.27. The predicted molar refractivity (Wildman–Crippen MR) is 79.7 cm³/mol. The minimum absolute atomic E-state index is 0.